The molecule has 1 aromatic carbocycles. The summed E-state index contributed by atoms with van der Waals surface area (Å²) in [6, 6.07) is 12.4. The van der Waals surface area contributed by atoms with Crippen molar-refractivity contribution >= 4 is 23.2 Å². The first-order valence-corrected chi connectivity index (χ1v) is 6.73. The molecule has 22 heavy (non-hydrogen) atoms. The number of nitrogens with zero attached hydrogens (tertiary/aromatic N) is 2. The zero-order valence-electron chi connectivity index (χ0n) is 12.1. The van der Waals surface area contributed by atoms with Crippen LogP contribution in [0.4, 0.5) is 5.69 Å². The van der Waals surface area contributed by atoms with Gasteiger partial charge in [-0.3, -0.25) is 14.6 Å². The van der Waals surface area contributed by atoms with Crippen LogP contribution in [0.5, 0.6) is 0 Å². The quantitative estimate of drug-likeness (QED) is 0.655. The van der Waals surface area contributed by atoms with Gasteiger partial charge in [0.05, 0.1) is 12.0 Å². The summed E-state index contributed by atoms with van der Waals surface area (Å²) in [4.78, 5) is 27.4. The van der Waals surface area contributed by atoms with Crippen molar-refractivity contribution < 1.29 is 9.59 Å². The van der Waals surface area contributed by atoms with Crippen molar-refractivity contribution in [2.75, 3.05) is 5.32 Å². The molecule has 0 aliphatic rings. The highest BCUT2D eigenvalue weighted by Crippen LogP contribution is 2.05. The Morgan fingerprint density at radius 2 is 1.91 bits per heavy atom. The van der Waals surface area contributed by atoms with Crippen molar-refractivity contribution in [2.24, 2.45) is 5.10 Å². The number of hydrazone groups is 1. The van der Waals surface area contributed by atoms with Gasteiger partial charge in [-0.25, -0.2) is 5.43 Å². The first-order valence-electron chi connectivity index (χ1n) is 6.73. The third kappa shape index (κ3) is 4.82. The first kappa shape index (κ1) is 15.4. The van der Waals surface area contributed by atoms with Crippen LogP contribution in [0.15, 0.2) is 60.0 Å². The number of para-hydroxylation sites is 1. The van der Waals surface area contributed by atoms with Gasteiger partial charge in [0.15, 0.2) is 0 Å². The van der Waals surface area contributed by atoms with Crippen molar-refractivity contribution in [2.45, 2.75) is 13.3 Å². The average molecular weight is 296 g/mol. The summed E-state index contributed by atoms with van der Waals surface area (Å²) < 4.78 is 0. The summed E-state index contributed by atoms with van der Waals surface area (Å²) in [5.74, 6) is -0.556. The van der Waals surface area contributed by atoms with E-state index in [9.17, 15) is 9.59 Å². The van der Waals surface area contributed by atoms with Crippen molar-refractivity contribution in [1.29, 1.82) is 0 Å². The Hall–Kier alpha value is -3.02. The van der Waals surface area contributed by atoms with E-state index in [2.05, 4.69) is 20.8 Å². The van der Waals surface area contributed by atoms with E-state index in [1.807, 2.05) is 18.2 Å². The zero-order valence-corrected chi connectivity index (χ0v) is 12.1. The lowest BCUT2D eigenvalue weighted by molar-refractivity contribution is -0.115. The van der Waals surface area contributed by atoms with E-state index in [1.165, 1.54) is 6.20 Å². The van der Waals surface area contributed by atoms with E-state index in [4.69, 9.17) is 0 Å². The molecule has 0 fully saturated rings. The van der Waals surface area contributed by atoms with Gasteiger partial charge in [-0.1, -0.05) is 18.2 Å². The number of anilines is 1. The van der Waals surface area contributed by atoms with Gasteiger partial charge in [0.2, 0.25) is 5.91 Å². The van der Waals surface area contributed by atoms with Crippen LogP contribution in [0.3, 0.4) is 0 Å². The fourth-order valence-corrected chi connectivity index (χ4v) is 1.71. The van der Waals surface area contributed by atoms with Crippen LogP contribution in [0.1, 0.15) is 23.7 Å². The molecule has 2 N–H and O–H groups in total. The molecular weight excluding hydrogens is 280 g/mol. The summed E-state index contributed by atoms with van der Waals surface area (Å²) in [5, 5.41) is 6.66. The molecule has 112 valence electrons. The lowest BCUT2D eigenvalue weighted by atomic mass is 10.2. The Morgan fingerprint density at radius 3 is 2.59 bits per heavy atom. The number of hydrogen-bond donors (Lipinski definition) is 2. The number of amides is 2. The monoisotopic (exact) mass is 296 g/mol. The van der Waals surface area contributed by atoms with Crippen LogP contribution in [-0.2, 0) is 4.79 Å². The molecule has 0 radical (unpaired) electrons. The van der Waals surface area contributed by atoms with E-state index < -0.39 is 0 Å². The number of aromatic nitrogens is 1. The van der Waals surface area contributed by atoms with E-state index in [0.29, 0.717) is 11.3 Å². The van der Waals surface area contributed by atoms with Crippen molar-refractivity contribution in [3.63, 3.8) is 0 Å². The molecule has 0 bridgehead atoms. The molecule has 6 nitrogen and oxygen atoms in total. The Morgan fingerprint density at radius 1 is 1.14 bits per heavy atom. The zero-order chi connectivity index (χ0) is 15.8. The molecule has 0 aliphatic carbocycles. The predicted octanol–water partition coefficient (Wildman–Crippen LogP) is 2.22. The number of carbonyl (C=O) groups excluding carboxylic acids is 2. The fourth-order valence-electron chi connectivity index (χ4n) is 1.71. The van der Waals surface area contributed by atoms with E-state index in [1.54, 1.807) is 37.4 Å². The molecule has 2 aromatic rings. The number of hydrogen-bond acceptors (Lipinski definition) is 4. The van der Waals surface area contributed by atoms with Crippen molar-refractivity contribution in [1.82, 2.24) is 10.4 Å². The Bertz CT molecular complexity index is 669. The maximum Gasteiger partial charge on any atom is 0.272 e. The minimum Gasteiger partial charge on any atom is -0.326 e. The van der Waals surface area contributed by atoms with Crippen LogP contribution in [0, 0.1) is 0 Å². The smallest absolute Gasteiger partial charge is 0.272 e. The Kier molecular flexibility index (Phi) is 5.37. The lowest BCUT2D eigenvalue weighted by Crippen LogP contribution is -2.21. The number of benzene rings is 1. The summed E-state index contributed by atoms with van der Waals surface area (Å²) in [5.41, 5.74) is 4.03. The number of carbonyl (C=O) groups is 2. The molecule has 6 heteroatoms. The fraction of sp³-hybridized carbons (Fsp3) is 0.125. The molecule has 2 rings (SSSR count). The Labute approximate surface area is 128 Å². The maximum absolute atomic E-state index is 11.8. The standard InChI is InChI=1S/C16H16N4O2/c1-12(10-15(21)18-14-7-3-2-4-8-14)19-20-16(22)13-6-5-9-17-11-13/h2-9,11H,10H2,1H3,(H,18,21)(H,20,22). The van der Waals surface area contributed by atoms with Crippen LogP contribution in [0.25, 0.3) is 0 Å². The van der Waals surface area contributed by atoms with Gasteiger partial charge >= 0.3 is 0 Å². The minimum absolute atomic E-state index is 0.0994. The molecular formula is C16H16N4O2. The van der Waals surface area contributed by atoms with Gasteiger partial charge in [0, 0.05) is 23.8 Å². The molecule has 0 saturated carbocycles. The molecule has 0 unspecified atom stereocenters. The first-order chi connectivity index (χ1) is 10.6. The molecule has 1 heterocycles. The lowest BCUT2D eigenvalue weighted by Gasteiger charge is -2.05. The van der Waals surface area contributed by atoms with E-state index in [-0.39, 0.29) is 18.2 Å². The molecule has 0 aliphatic heterocycles. The van der Waals surface area contributed by atoms with Gasteiger partial charge in [-0.2, -0.15) is 5.10 Å². The molecule has 0 spiro atoms. The highest BCUT2D eigenvalue weighted by molar-refractivity contribution is 6.06. The van der Waals surface area contributed by atoms with Crippen molar-refractivity contribution in [3.8, 4) is 0 Å². The van der Waals surface area contributed by atoms with Gasteiger partial charge < -0.3 is 5.32 Å². The van der Waals surface area contributed by atoms with Gasteiger partial charge in [0.25, 0.3) is 5.91 Å². The van der Waals surface area contributed by atoms with Gasteiger partial charge in [-0.15, -0.1) is 0 Å². The van der Waals surface area contributed by atoms with Crippen LogP contribution in [-0.4, -0.2) is 22.5 Å². The summed E-state index contributed by atoms with van der Waals surface area (Å²) in [6.45, 7) is 1.67. The van der Waals surface area contributed by atoms with Crippen molar-refractivity contribution in [3.05, 3.63) is 60.4 Å². The highest BCUT2D eigenvalue weighted by atomic mass is 16.2. The minimum atomic E-state index is -0.365. The topological polar surface area (TPSA) is 83.5 Å². The maximum atomic E-state index is 11.8. The summed E-state index contributed by atoms with van der Waals surface area (Å²) in [6.07, 6.45) is 3.13. The van der Waals surface area contributed by atoms with Crippen LogP contribution in [0.2, 0.25) is 0 Å². The third-order valence-corrected chi connectivity index (χ3v) is 2.75. The summed E-state index contributed by atoms with van der Waals surface area (Å²) in [7, 11) is 0. The van der Waals surface area contributed by atoms with Crippen LogP contribution < -0.4 is 10.7 Å². The van der Waals surface area contributed by atoms with E-state index >= 15 is 0 Å². The number of pyridine rings is 1. The van der Waals surface area contributed by atoms with E-state index in [0.717, 1.165) is 5.69 Å². The molecule has 1 aromatic heterocycles. The molecule has 0 saturated heterocycles. The summed E-state index contributed by atoms with van der Waals surface area (Å²) >= 11 is 0. The second-order valence-corrected chi connectivity index (χ2v) is 4.62. The second kappa shape index (κ2) is 7.68. The number of rotatable bonds is 5. The number of nitrogens with one attached hydrogen (secondary N) is 2. The van der Waals surface area contributed by atoms with Gasteiger partial charge in [0.1, 0.15) is 0 Å². The largest absolute Gasteiger partial charge is 0.326 e. The molecule has 2 amide bonds. The molecule has 0 atom stereocenters. The second-order valence-electron chi connectivity index (χ2n) is 4.62. The Balaban J connectivity index is 1.85. The highest BCUT2D eigenvalue weighted by Gasteiger charge is 2.06. The predicted molar refractivity (Wildman–Crippen MR) is 84.5 cm³/mol. The van der Waals surface area contributed by atoms with Crippen LogP contribution >= 0.6 is 0 Å². The van der Waals surface area contributed by atoms with Gasteiger partial charge in [-0.05, 0) is 31.2 Å². The normalized spacial score (nSPS) is 10.9. The SMILES string of the molecule is CC(CC(=O)Nc1ccccc1)=NNC(=O)c1cccnc1. The average Bonchev–Trinajstić information content (AvgIpc) is 2.54. The third-order valence-electron chi connectivity index (χ3n) is 2.75.